The van der Waals surface area contributed by atoms with Crippen molar-refractivity contribution in [2.45, 2.75) is 80.9 Å². The first-order valence-electron chi connectivity index (χ1n) is 11.3. The number of amides is 3. The molecule has 1 aromatic carbocycles. The summed E-state index contributed by atoms with van der Waals surface area (Å²) >= 11 is 0. The standard InChI is InChI=1S/C19H28N4O5.C3H8.C2H6/c1-10(2)18(28-13(5)25)14-6-7-16(15(20)8-14)23-19(27)11(3)22-17(26)9-21-12(4)24;1-3-2;1-2/h6-8,10-11,18H,9,20H2,1-5H3,(H,21,24)(H,22,26)(H,23,27);3H2,1-2H3;1-2H3. The second-order valence-corrected chi connectivity index (χ2v) is 7.52. The van der Waals surface area contributed by atoms with E-state index in [1.807, 2.05) is 27.7 Å². The van der Waals surface area contributed by atoms with E-state index >= 15 is 0 Å². The summed E-state index contributed by atoms with van der Waals surface area (Å²) in [6.45, 7) is 16.0. The summed E-state index contributed by atoms with van der Waals surface area (Å²) in [7, 11) is 0. The van der Waals surface area contributed by atoms with E-state index in [0.29, 0.717) is 11.4 Å². The van der Waals surface area contributed by atoms with Gasteiger partial charge in [-0.3, -0.25) is 19.2 Å². The van der Waals surface area contributed by atoms with Crippen LogP contribution in [0.3, 0.4) is 0 Å². The van der Waals surface area contributed by atoms with Gasteiger partial charge in [-0.15, -0.1) is 0 Å². The fourth-order valence-electron chi connectivity index (χ4n) is 2.44. The van der Waals surface area contributed by atoms with E-state index in [1.165, 1.54) is 27.2 Å². The van der Waals surface area contributed by atoms with Crippen LogP contribution in [-0.4, -0.2) is 36.3 Å². The molecule has 9 nitrogen and oxygen atoms in total. The minimum atomic E-state index is -0.829. The molecule has 0 heterocycles. The quantitative estimate of drug-likeness (QED) is 0.341. The molecule has 1 rings (SSSR count). The van der Waals surface area contributed by atoms with Crippen molar-refractivity contribution in [3.63, 3.8) is 0 Å². The summed E-state index contributed by atoms with van der Waals surface area (Å²) in [4.78, 5) is 46.1. The number of hydrogen-bond donors (Lipinski definition) is 4. The summed E-state index contributed by atoms with van der Waals surface area (Å²) in [5, 5.41) is 7.47. The van der Waals surface area contributed by atoms with Crippen LogP contribution in [0.2, 0.25) is 0 Å². The van der Waals surface area contributed by atoms with Crippen LogP contribution in [0, 0.1) is 5.92 Å². The summed E-state index contributed by atoms with van der Waals surface area (Å²) in [5.41, 5.74) is 7.43. The lowest BCUT2D eigenvalue weighted by atomic mass is 9.98. The molecule has 0 saturated heterocycles. The van der Waals surface area contributed by atoms with Gasteiger partial charge in [-0.2, -0.15) is 0 Å². The number of carbonyl (C=O) groups excluding carboxylic acids is 4. The van der Waals surface area contributed by atoms with Crippen molar-refractivity contribution >= 4 is 35.1 Å². The number of carbonyl (C=O) groups is 4. The maximum atomic E-state index is 12.3. The first-order chi connectivity index (χ1) is 15.4. The maximum Gasteiger partial charge on any atom is 0.303 e. The Morgan fingerprint density at radius 2 is 1.58 bits per heavy atom. The monoisotopic (exact) mass is 466 g/mol. The minimum absolute atomic E-state index is 0.0441. The van der Waals surface area contributed by atoms with Crippen molar-refractivity contribution in [2.24, 2.45) is 5.92 Å². The van der Waals surface area contributed by atoms with E-state index < -0.39 is 29.9 Å². The second kappa shape index (κ2) is 17.5. The normalized spacial score (nSPS) is 11.5. The summed E-state index contributed by atoms with van der Waals surface area (Å²) in [6, 6.07) is 4.15. The number of nitrogen functional groups attached to an aromatic ring is 1. The molecule has 9 heteroatoms. The smallest absolute Gasteiger partial charge is 0.303 e. The summed E-state index contributed by atoms with van der Waals surface area (Å²) < 4.78 is 5.34. The zero-order valence-corrected chi connectivity index (χ0v) is 21.5. The molecule has 0 bridgehead atoms. The van der Waals surface area contributed by atoms with Crippen molar-refractivity contribution in [1.82, 2.24) is 10.6 Å². The van der Waals surface area contributed by atoms with Crippen LogP contribution in [0.1, 0.15) is 80.4 Å². The van der Waals surface area contributed by atoms with Crippen molar-refractivity contribution in [1.29, 1.82) is 0 Å². The van der Waals surface area contributed by atoms with Gasteiger partial charge in [0.15, 0.2) is 0 Å². The van der Waals surface area contributed by atoms with Gasteiger partial charge in [0.2, 0.25) is 17.7 Å². The third-order valence-electron chi connectivity index (χ3n) is 3.83. The Kier molecular flexibility index (Phi) is 17.0. The van der Waals surface area contributed by atoms with Crippen LogP contribution in [0.25, 0.3) is 0 Å². The van der Waals surface area contributed by atoms with Gasteiger partial charge in [0.05, 0.1) is 17.9 Å². The zero-order valence-electron chi connectivity index (χ0n) is 21.5. The van der Waals surface area contributed by atoms with E-state index in [9.17, 15) is 19.2 Å². The third kappa shape index (κ3) is 13.8. The SMILES string of the molecule is CC.CC(=O)NCC(=O)NC(C)C(=O)Nc1ccc(C(OC(C)=O)C(C)C)cc1N.CCC. The summed E-state index contributed by atoms with van der Waals surface area (Å²) in [6.07, 6.45) is 0.802. The molecule has 0 saturated carbocycles. The van der Waals surface area contributed by atoms with E-state index in [0.717, 1.165) is 5.56 Å². The molecule has 0 aliphatic heterocycles. The third-order valence-corrected chi connectivity index (χ3v) is 3.83. The number of esters is 1. The molecule has 1 aromatic rings. The zero-order chi connectivity index (χ0) is 26.1. The fraction of sp³-hybridized carbons (Fsp3) is 0.583. The molecular weight excluding hydrogens is 424 g/mol. The van der Waals surface area contributed by atoms with Crippen molar-refractivity contribution in [2.75, 3.05) is 17.6 Å². The van der Waals surface area contributed by atoms with Gasteiger partial charge in [-0.25, -0.2) is 0 Å². The van der Waals surface area contributed by atoms with Crippen LogP contribution in [0.15, 0.2) is 18.2 Å². The van der Waals surface area contributed by atoms with Gasteiger partial charge in [0, 0.05) is 13.8 Å². The van der Waals surface area contributed by atoms with Gasteiger partial charge in [0.25, 0.3) is 0 Å². The molecule has 0 radical (unpaired) electrons. The fourth-order valence-corrected chi connectivity index (χ4v) is 2.44. The van der Waals surface area contributed by atoms with Crippen LogP contribution in [-0.2, 0) is 23.9 Å². The number of anilines is 2. The largest absolute Gasteiger partial charge is 0.457 e. The van der Waals surface area contributed by atoms with Crippen LogP contribution in [0.5, 0.6) is 0 Å². The van der Waals surface area contributed by atoms with E-state index in [4.69, 9.17) is 10.5 Å². The van der Waals surface area contributed by atoms with Gasteiger partial charge < -0.3 is 26.4 Å². The van der Waals surface area contributed by atoms with Crippen LogP contribution in [0.4, 0.5) is 11.4 Å². The molecule has 0 spiro atoms. The Morgan fingerprint density at radius 3 is 2.00 bits per heavy atom. The second-order valence-electron chi connectivity index (χ2n) is 7.52. The molecule has 3 amide bonds. The number of hydrogen-bond acceptors (Lipinski definition) is 6. The minimum Gasteiger partial charge on any atom is -0.457 e. The predicted octanol–water partition coefficient (Wildman–Crippen LogP) is 3.55. The molecule has 0 aromatic heterocycles. The number of benzene rings is 1. The number of nitrogens with one attached hydrogen (secondary N) is 3. The topological polar surface area (TPSA) is 140 Å². The van der Waals surface area contributed by atoms with E-state index in [-0.39, 0.29) is 18.4 Å². The Morgan fingerprint density at radius 1 is 1.03 bits per heavy atom. The molecule has 0 aliphatic rings. The molecule has 2 atom stereocenters. The lowest BCUT2D eigenvalue weighted by Gasteiger charge is -2.22. The van der Waals surface area contributed by atoms with Crippen LogP contribution < -0.4 is 21.7 Å². The van der Waals surface area contributed by atoms with Gasteiger partial charge >= 0.3 is 5.97 Å². The highest BCUT2D eigenvalue weighted by Crippen LogP contribution is 2.30. The molecule has 0 fully saturated rings. The lowest BCUT2D eigenvalue weighted by molar-refractivity contribution is -0.149. The molecule has 2 unspecified atom stereocenters. The van der Waals surface area contributed by atoms with Crippen LogP contribution >= 0.6 is 0 Å². The Hall–Kier alpha value is -3.10. The van der Waals surface area contributed by atoms with E-state index in [2.05, 4.69) is 29.8 Å². The average Bonchev–Trinajstić information content (AvgIpc) is 2.73. The lowest BCUT2D eigenvalue weighted by Crippen LogP contribution is -2.45. The highest BCUT2D eigenvalue weighted by Gasteiger charge is 2.21. The predicted molar refractivity (Wildman–Crippen MR) is 132 cm³/mol. The number of nitrogens with two attached hydrogens (primary N) is 1. The molecule has 0 aliphatic carbocycles. The number of rotatable bonds is 8. The summed E-state index contributed by atoms with van der Waals surface area (Å²) in [5.74, 6) is -1.63. The Labute approximate surface area is 198 Å². The van der Waals surface area contributed by atoms with Gasteiger partial charge in [-0.05, 0) is 30.5 Å². The van der Waals surface area contributed by atoms with E-state index in [1.54, 1.807) is 18.2 Å². The van der Waals surface area contributed by atoms with Crippen molar-refractivity contribution in [3.8, 4) is 0 Å². The highest BCUT2D eigenvalue weighted by molar-refractivity contribution is 5.99. The Bertz CT molecular complexity index is 765. The first-order valence-corrected chi connectivity index (χ1v) is 11.3. The average molecular weight is 467 g/mol. The first kappa shape index (κ1) is 32.1. The van der Waals surface area contributed by atoms with Gasteiger partial charge in [-0.1, -0.05) is 54.0 Å². The van der Waals surface area contributed by atoms with Crippen molar-refractivity contribution in [3.05, 3.63) is 23.8 Å². The van der Waals surface area contributed by atoms with Gasteiger partial charge in [0.1, 0.15) is 12.1 Å². The molecule has 33 heavy (non-hydrogen) atoms. The molecular formula is C24H42N4O5. The van der Waals surface area contributed by atoms with Crippen molar-refractivity contribution < 1.29 is 23.9 Å². The highest BCUT2D eigenvalue weighted by atomic mass is 16.5. The maximum absolute atomic E-state index is 12.3. The Balaban J connectivity index is 0. The molecule has 188 valence electrons. The number of ether oxygens (including phenoxy) is 1. The molecule has 5 N–H and O–H groups in total.